The SMILES string of the molecule is CCN(c1n[nH]c(=O)[nH]c1=O)C(C)(C)C(=O)O. The second-order valence-electron chi connectivity index (χ2n) is 3.94. The van der Waals surface area contributed by atoms with Gasteiger partial charge in [-0.15, -0.1) is 5.10 Å². The summed E-state index contributed by atoms with van der Waals surface area (Å²) in [6.07, 6.45) is 0. The Morgan fingerprint density at radius 1 is 1.47 bits per heavy atom. The Bertz CT molecular complexity index is 530. The lowest BCUT2D eigenvalue weighted by Crippen LogP contribution is -2.53. The van der Waals surface area contributed by atoms with Crippen LogP contribution in [0, 0.1) is 0 Å². The van der Waals surface area contributed by atoms with Gasteiger partial charge in [0.2, 0.25) is 5.82 Å². The standard InChI is InChI=1S/C9H14N4O4/c1-4-13(9(2,3)7(15)16)5-6(14)10-8(17)12-11-5/h4H2,1-3H3,(H,15,16)(H2,10,12,14,17). The molecule has 8 nitrogen and oxygen atoms in total. The number of aliphatic carboxylic acids is 1. The fourth-order valence-corrected chi connectivity index (χ4v) is 1.45. The first-order chi connectivity index (χ1) is 7.80. The Morgan fingerprint density at radius 2 is 2.06 bits per heavy atom. The number of nitrogens with one attached hydrogen (secondary N) is 2. The predicted molar refractivity (Wildman–Crippen MR) is 60.2 cm³/mol. The molecule has 1 heterocycles. The van der Waals surface area contributed by atoms with Crippen molar-refractivity contribution >= 4 is 11.8 Å². The minimum absolute atomic E-state index is 0.125. The van der Waals surface area contributed by atoms with E-state index in [0.717, 1.165) is 0 Å². The van der Waals surface area contributed by atoms with E-state index in [9.17, 15) is 14.4 Å². The van der Waals surface area contributed by atoms with Crippen LogP contribution in [-0.4, -0.2) is 38.3 Å². The number of carboxylic acid groups (broad SMARTS) is 1. The number of anilines is 1. The van der Waals surface area contributed by atoms with Crippen molar-refractivity contribution in [3.8, 4) is 0 Å². The molecular formula is C9H14N4O4. The number of hydrogen-bond acceptors (Lipinski definition) is 5. The molecule has 0 aliphatic carbocycles. The normalized spacial score (nSPS) is 11.2. The van der Waals surface area contributed by atoms with Crippen molar-refractivity contribution in [2.45, 2.75) is 26.3 Å². The Hall–Kier alpha value is -2.12. The molecule has 0 spiro atoms. The highest BCUT2D eigenvalue weighted by atomic mass is 16.4. The van der Waals surface area contributed by atoms with Crippen molar-refractivity contribution in [2.24, 2.45) is 0 Å². The number of aromatic nitrogens is 3. The summed E-state index contributed by atoms with van der Waals surface area (Å²) in [6.45, 7) is 4.86. The minimum atomic E-state index is -1.30. The van der Waals surface area contributed by atoms with Gasteiger partial charge in [-0.2, -0.15) is 0 Å². The Kier molecular flexibility index (Phi) is 3.35. The van der Waals surface area contributed by atoms with Gasteiger partial charge in [0.05, 0.1) is 0 Å². The average Bonchev–Trinajstić information content (AvgIpc) is 2.21. The highest BCUT2D eigenvalue weighted by Gasteiger charge is 2.36. The third-order valence-electron chi connectivity index (χ3n) is 2.46. The van der Waals surface area contributed by atoms with Gasteiger partial charge >= 0.3 is 11.7 Å². The maximum absolute atomic E-state index is 11.5. The van der Waals surface area contributed by atoms with Crippen molar-refractivity contribution in [1.82, 2.24) is 15.2 Å². The van der Waals surface area contributed by atoms with Crippen LogP contribution >= 0.6 is 0 Å². The van der Waals surface area contributed by atoms with Crippen molar-refractivity contribution in [1.29, 1.82) is 0 Å². The van der Waals surface area contributed by atoms with E-state index in [1.807, 2.05) is 4.98 Å². The second kappa shape index (κ2) is 4.40. The number of aromatic amines is 2. The highest BCUT2D eigenvalue weighted by molar-refractivity contribution is 5.81. The van der Waals surface area contributed by atoms with E-state index in [2.05, 4.69) is 10.2 Å². The van der Waals surface area contributed by atoms with Gasteiger partial charge in [0.15, 0.2) is 0 Å². The van der Waals surface area contributed by atoms with Crippen molar-refractivity contribution < 1.29 is 9.90 Å². The molecule has 17 heavy (non-hydrogen) atoms. The largest absolute Gasteiger partial charge is 0.480 e. The van der Waals surface area contributed by atoms with E-state index >= 15 is 0 Å². The summed E-state index contributed by atoms with van der Waals surface area (Å²) in [4.78, 5) is 36.8. The average molecular weight is 242 g/mol. The first kappa shape index (κ1) is 12.9. The Labute approximate surface area is 96.3 Å². The Morgan fingerprint density at radius 3 is 2.47 bits per heavy atom. The first-order valence-corrected chi connectivity index (χ1v) is 5.00. The molecule has 0 aromatic carbocycles. The lowest BCUT2D eigenvalue weighted by molar-refractivity contribution is -0.142. The van der Waals surface area contributed by atoms with Gasteiger partial charge in [-0.05, 0) is 20.8 Å². The summed E-state index contributed by atoms with van der Waals surface area (Å²) in [5.74, 6) is -1.22. The van der Waals surface area contributed by atoms with Crippen LogP contribution in [0.1, 0.15) is 20.8 Å². The van der Waals surface area contributed by atoms with E-state index < -0.39 is 22.8 Å². The minimum Gasteiger partial charge on any atom is -0.480 e. The van der Waals surface area contributed by atoms with Gasteiger partial charge in [-0.25, -0.2) is 14.7 Å². The molecule has 0 saturated carbocycles. The summed E-state index contributed by atoms with van der Waals surface area (Å²) in [5, 5.41) is 14.7. The number of rotatable bonds is 4. The molecule has 8 heteroatoms. The molecular weight excluding hydrogens is 228 g/mol. The molecule has 0 atom stereocenters. The molecule has 94 valence electrons. The molecule has 1 aromatic heterocycles. The number of nitrogens with zero attached hydrogens (tertiary/aromatic N) is 2. The molecule has 1 rings (SSSR count). The third-order valence-corrected chi connectivity index (χ3v) is 2.46. The maximum atomic E-state index is 11.5. The van der Waals surface area contributed by atoms with Gasteiger partial charge in [0.1, 0.15) is 5.54 Å². The molecule has 0 radical (unpaired) electrons. The summed E-state index contributed by atoms with van der Waals surface area (Å²) >= 11 is 0. The van der Waals surface area contributed by atoms with Crippen molar-refractivity contribution in [3.05, 3.63) is 20.8 Å². The van der Waals surface area contributed by atoms with Gasteiger partial charge in [0, 0.05) is 6.54 Å². The van der Waals surface area contributed by atoms with E-state index in [-0.39, 0.29) is 12.4 Å². The van der Waals surface area contributed by atoms with Crippen LogP contribution in [-0.2, 0) is 4.79 Å². The first-order valence-electron chi connectivity index (χ1n) is 5.00. The van der Waals surface area contributed by atoms with Crippen LogP contribution in [0.15, 0.2) is 9.59 Å². The van der Waals surface area contributed by atoms with Crippen molar-refractivity contribution in [2.75, 3.05) is 11.4 Å². The fourth-order valence-electron chi connectivity index (χ4n) is 1.45. The number of likely N-dealkylation sites (N-methyl/N-ethyl adjacent to an activating group) is 1. The highest BCUT2D eigenvalue weighted by Crippen LogP contribution is 2.18. The maximum Gasteiger partial charge on any atom is 0.342 e. The summed E-state index contributed by atoms with van der Waals surface area (Å²) in [6, 6.07) is 0. The number of H-pyrrole nitrogens is 2. The molecule has 3 N–H and O–H groups in total. The zero-order chi connectivity index (χ0) is 13.2. The van der Waals surface area contributed by atoms with Crippen LogP contribution in [0.25, 0.3) is 0 Å². The molecule has 0 fully saturated rings. The zero-order valence-electron chi connectivity index (χ0n) is 9.77. The lowest BCUT2D eigenvalue weighted by atomic mass is 10.0. The second-order valence-corrected chi connectivity index (χ2v) is 3.94. The predicted octanol–water partition coefficient (Wildman–Crippen LogP) is -0.852. The van der Waals surface area contributed by atoms with E-state index in [1.165, 1.54) is 18.7 Å². The monoisotopic (exact) mass is 242 g/mol. The van der Waals surface area contributed by atoms with Crippen LogP contribution in [0.4, 0.5) is 5.82 Å². The van der Waals surface area contributed by atoms with E-state index in [0.29, 0.717) is 0 Å². The molecule has 0 unspecified atom stereocenters. The summed E-state index contributed by atoms with van der Waals surface area (Å²) in [7, 11) is 0. The topological polar surface area (TPSA) is 119 Å². The van der Waals surface area contributed by atoms with E-state index in [4.69, 9.17) is 5.11 Å². The smallest absolute Gasteiger partial charge is 0.342 e. The molecule has 0 saturated heterocycles. The Balaban J connectivity index is 3.33. The quantitative estimate of drug-likeness (QED) is 0.632. The van der Waals surface area contributed by atoms with E-state index in [1.54, 1.807) is 6.92 Å². The molecule has 1 aromatic rings. The fraction of sp³-hybridized carbons (Fsp3) is 0.556. The number of hydrogen-bond donors (Lipinski definition) is 3. The molecule has 0 amide bonds. The molecule has 0 aliphatic rings. The number of carbonyl (C=O) groups is 1. The summed E-state index contributed by atoms with van der Waals surface area (Å²) in [5.41, 5.74) is -2.75. The molecule has 0 bridgehead atoms. The van der Waals surface area contributed by atoms with Crippen LogP contribution < -0.4 is 16.1 Å². The number of carboxylic acids is 1. The van der Waals surface area contributed by atoms with Gasteiger partial charge in [0.25, 0.3) is 5.56 Å². The third kappa shape index (κ3) is 2.35. The van der Waals surface area contributed by atoms with Crippen LogP contribution in [0.5, 0.6) is 0 Å². The van der Waals surface area contributed by atoms with Crippen LogP contribution in [0.3, 0.4) is 0 Å². The lowest BCUT2D eigenvalue weighted by Gasteiger charge is -2.33. The van der Waals surface area contributed by atoms with Gasteiger partial charge < -0.3 is 10.0 Å². The van der Waals surface area contributed by atoms with Crippen molar-refractivity contribution in [3.63, 3.8) is 0 Å². The zero-order valence-corrected chi connectivity index (χ0v) is 9.77. The summed E-state index contributed by atoms with van der Waals surface area (Å²) < 4.78 is 0. The van der Waals surface area contributed by atoms with Gasteiger partial charge in [-0.1, -0.05) is 0 Å². The molecule has 0 aliphatic heterocycles. The van der Waals surface area contributed by atoms with Gasteiger partial charge in [-0.3, -0.25) is 9.78 Å². The van der Waals surface area contributed by atoms with Crippen LogP contribution in [0.2, 0.25) is 0 Å².